The molecule has 34 heavy (non-hydrogen) atoms. The molecule has 0 aliphatic rings. The van der Waals surface area contributed by atoms with Crippen LogP contribution in [0.5, 0.6) is 5.75 Å². The van der Waals surface area contributed by atoms with Gasteiger partial charge in [-0.05, 0) is 54.1 Å². The molecule has 0 saturated heterocycles. The van der Waals surface area contributed by atoms with Gasteiger partial charge < -0.3 is 9.64 Å². The third kappa shape index (κ3) is 4.94. The van der Waals surface area contributed by atoms with Crippen molar-refractivity contribution < 1.29 is 13.9 Å². The summed E-state index contributed by atoms with van der Waals surface area (Å²) < 4.78 is 21.3. The molecule has 0 saturated carbocycles. The third-order valence-corrected chi connectivity index (χ3v) is 5.27. The Morgan fingerprint density at radius 1 is 1.15 bits per heavy atom. The highest BCUT2D eigenvalue weighted by Crippen LogP contribution is 2.26. The van der Waals surface area contributed by atoms with Crippen LogP contribution in [0.25, 0.3) is 16.9 Å². The van der Waals surface area contributed by atoms with Gasteiger partial charge in [0.15, 0.2) is 0 Å². The first-order valence-corrected chi connectivity index (χ1v) is 10.6. The molecule has 0 spiro atoms. The molecule has 0 radical (unpaired) electrons. The van der Waals surface area contributed by atoms with Crippen molar-refractivity contribution >= 4 is 5.91 Å². The molecule has 2 aromatic carbocycles. The number of carbonyl (C=O) groups is 1. The Kier molecular flexibility index (Phi) is 6.94. The van der Waals surface area contributed by atoms with Crippen molar-refractivity contribution in [2.45, 2.75) is 13.0 Å². The van der Waals surface area contributed by atoms with Crippen molar-refractivity contribution in [1.82, 2.24) is 19.7 Å². The molecule has 1 amide bonds. The second-order valence-corrected chi connectivity index (χ2v) is 7.50. The lowest BCUT2D eigenvalue weighted by molar-refractivity contribution is 0.0737. The van der Waals surface area contributed by atoms with Crippen LogP contribution < -0.4 is 4.74 Å². The van der Waals surface area contributed by atoms with Gasteiger partial charge in [0.05, 0.1) is 31.0 Å². The largest absolute Gasteiger partial charge is 0.497 e. The molecular formula is C26H22FN5O2. The van der Waals surface area contributed by atoms with Gasteiger partial charge in [0, 0.05) is 31.0 Å². The van der Waals surface area contributed by atoms with Gasteiger partial charge >= 0.3 is 0 Å². The topological polar surface area (TPSA) is 84.0 Å². The van der Waals surface area contributed by atoms with E-state index < -0.39 is 5.82 Å². The molecule has 0 aliphatic heterocycles. The normalized spacial score (nSPS) is 10.5. The van der Waals surface area contributed by atoms with Crippen LogP contribution in [0.15, 0.2) is 79.1 Å². The average molecular weight is 455 g/mol. The van der Waals surface area contributed by atoms with E-state index in [1.807, 2.05) is 6.07 Å². The highest BCUT2D eigenvalue weighted by molar-refractivity contribution is 5.94. The maximum absolute atomic E-state index is 14.5. The Balaban J connectivity index is 1.79. The van der Waals surface area contributed by atoms with Crippen molar-refractivity contribution in [2.24, 2.45) is 0 Å². The van der Waals surface area contributed by atoms with Gasteiger partial charge in [0.1, 0.15) is 17.3 Å². The fourth-order valence-electron chi connectivity index (χ4n) is 3.57. The SMILES string of the molecule is COc1ccc(-n2nc(-c3ccccc3F)cc2C(=O)N(CCC#N)Cc2cccnc2)cc1. The lowest BCUT2D eigenvalue weighted by Crippen LogP contribution is -2.33. The summed E-state index contributed by atoms with van der Waals surface area (Å²) in [5, 5.41) is 13.7. The number of amides is 1. The second kappa shape index (κ2) is 10.4. The number of methoxy groups -OCH3 is 1. The zero-order valence-electron chi connectivity index (χ0n) is 18.6. The molecule has 2 aromatic heterocycles. The molecule has 0 atom stereocenters. The summed E-state index contributed by atoms with van der Waals surface area (Å²) in [5.41, 5.74) is 2.33. The maximum Gasteiger partial charge on any atom is 0.272 e. The molecule has 0 unspecified atom stereocenters. The van der Waals surface area contributed by atoms with Crippen molar-refractivity contribution in [1.29, 1.82) is 5.26 Å². The van der Waals surface area contributed by atoms with Crippen LogP contribution in [0.2, 0.25) is 0 Å². The van der Waals surface area contributed by atoms with Gasteiger partial charge in [-0.25, -0.2) is 9.07 Å². The molecule has 4 rings (SSSR count). The monoisotopic (exact) mass is 455 g/mol. The standard InChI is InChI=1S/C26H22FN5O2/c1-34-21-11-9-20(10-12-21)32-25(16-24(30-32)22-7-2-3-8-23(22)27)26(33)31(15-5-13-28)18-19-6-4-14-29-17-19/h2-4,6-12,14,16-17H,5,15,18H2,1H3. The van der Waals surface area contributed by atoms with E-state index in [-0.39, 0.29) is 31.1 Å². The zero-order chi connectivity index (χ0) is 23.9. The van der Waals surface area contributed by atoms with Crippen LogP contribution >= 0.6 is 0 Å². The molecule has 8 heteroatoms. The number of aromatic nitrogens is 3. The van der Waals surface area contributed by atoms with E-state index in [4.69, 9.17) is 10.00 Å². The van der Waals surface area contributed by atoms with E-state index in [9.17, 15) is 9.18 Å². The number of hydrogen-bond acceptors (Lipinski definition) is 5. The summed E-state index contributed by atoms with van der Waals surface area (Å²) in [6.07, 6.45) is 3.51. The van der Waals surface area contributed by atoms with Crippen LogP contribution in [-0.4, -0.2) is 39.2 Å². The Morgan fingerprint density at radius 3 is 2.62 bits per heavy atom. The molecule has 0 fully saturated rings. The molecule has 0 bridgehead atoms. The Bertz CT molecular complexity index is 1310. The number of carbonyl (C=O) groups excluding carboxylic acids is 1. The molecule has 0 N–H and O–H groups in total. The predicted molar refractivity (Wildman–Crippen MR) is 125 cm³/mol. The first-order chi connectivity index (χ1) is 16.6. The lowest BCUT2D eigenvalue weighted by atomic mass is 10.1. The van der Waals surface area contributed by atoms with Crippen LogP contribution in [0.3, 0.4) is 0 Å². The molecule has 4 aromatic rings. The summed E-state index contributed by atoms with van der Waals surface area (Å²) in [6.45, 7) is 0.504. The van der Waals surface area contributed by atoms with Gasteiger partial charge in [-0.3, -0.25) is 9.78 Å². The minimum absolute atomic E-state index is 0.169. The van der Waals surface area contributed by atoms with Crippen LogP contribution in [0, 0.1) is 17.1 Å². The van der Waals surface area contributed by atoms with E-state index in [1.165, 1.54) is 10.7 Å². The van der Waals surface area contributed by atoms with Gasteiger partial charge in [0.2, 0.25) is 0 Å². The van der Waals surface area contributed by atoms with Crippen LogP contribution in [-0.2, 0) is 6.54 Å². The number of benzene rings is 2. The highest BCUT2D eigenvalue weighted by Gasteiger charge is 2.24. The van der Waals surface area contributed by atoms with Gasteiger partial charge in [-0.15, -0.1) is 0 Å². The molecule has 2 heterocycles. The number of pyridine rings is 1. The first-order valence-electron chi connectivity index (χ1n) is 10.6. The lowest BCUT2D eigenvalue weighted by Gasteiger charge is -2.22. The second-order valence-electron chi connectivity index (χ2n) is 7.50. The number of hydrogen-bond donors (Lipinski definition) is 0. The van der Waals surface area contributed by atoms with Crippen molar-refractivity contribution in [3.05, 3.63) is 96.2 Å². The molecular weight excluding hydrogens is 433 g/mol. The third-order valence-electron chi connectivity index (χ3n) is 5.27. The van der Waals surface area contributed by atoms with E-state index in [0.29, 0.717) is 22.7 Å². The van der Waals surface area contributed by atoms with Gasteiger partial charge in [-0.1, -0.05) is 18.2 Å². The smallest absolute Gasteiger partial charge is 0.272 e. The van der Waals surface area contributed by atoms with Crippen LogP contribution in [0.4, 0.5) is 4.39 Å². The Morgan fingerprint density at radius 2 is 1.94 bits per heavy atom. The summed E-state index contributed by atoms with van der Waals surface area (Å²) in [4.78, 5) is 19.4. The summed E-state index contributed by atoms with van der Waals surface area (Å²) in [6, 6.07) is 20.7. The molecule has 7 nitrogen and oxygen atoms in total. The van der Waals surface area contributed by atoms with Crippen molar-refractivity contribution in [3.8, 4) is 28.8 Å². The minimum atomic E-state index is -0.433. The quantitative estimate of drug-likeness (QED) is 0.387. The zero-order valence-corrected chi connectivity index (χ0v) is 18.6. The van der Waals surface area contributed by atoms with Gasteiger partial charge in [-0.2, -0.15) is 10.4 Å². The summed E-state index contributed by atoms with van der Waals surface area (Å²) >= 11 is 0. The van der Waals surface area contributed by atoms with Crippen LogP contribution in [0.1, 0.15) is 22.5 Å². The highest BCUT2D eigenvalue weighted by atomic mass is 19.1. The van der Waals surface area contributed by atoms with Crippen molar-refractivity contribution in [2.75, 3.05) is 13.7 Å². The van der Waals surface area contributed by atoms with E-state index in [1.54, 1.807) is 79.0 Å². The number of nitriles is 1. The fraction of sp³-hybridized carbons (Fsp3) is 0.154. The van der Waals surface area contributed by atoms with E-state index in [2.05, 4.69) is 16.2 Å². The number of rotatable bonds is 8. The number of ether oxygens (including phenoxy) is 1. The fourth-order valence-corrected chi connectivity index (χ4v) is 3.57. The number of halogens is 1. The molecule has 0 aliphatic carbocycles. The van der Waals surface area contributed by atoms with E-state index >= 15 is 0 Å². The average Bonchev–Trinajstić information content (AvgIpc) is 3.32. The first kappa shape index (κ1) is 22.7. The summed E-state index contributed by atoms with van der Waals surface area (Å²) in [5.74, 6) is -0.104. The van der Waals surface area contributed by atoms with E-state index in [0.717, 1.165) is 5.56 Å². The summed E-state index contributed by atoms with van der Waals surface area (Å²) in [7, 11) is 1.57. The number of nitrogens with zero attached hydrogens (tertiary/aromatic N) is 5. The maximum atomic E-state index is 14.5. The van der Waals surface area contributed by atoms with Gasteiger partial charge in [0.25, 0.3) is 5.91 Å². The Labute approximate surface area is 196 Å². The minimum Gasteiger partial charge on any atom is -0.497 e. The Hall–Kier alpha value is -4.51. The molecule has 170 valence electrons. The predicted octanol–water partition coefficient (Wildman–Crippen LogP) is 4.64. The van der Waals surface area contributed by atoms with Crippen molar-refractivity contribution in [3.63, 3.8) is 0 Å².